The normalized spacial score (nSPS) is 18.5. The van der Waals surface area contributed by atoms with Crippen LogP contribution in [0.1, 0.15) is 51.0 Å². The maximum Gasteiger partial charge on any atom is 0.220 e. The van der Waals surface area contributed by atoms with Crippen LogP contribution in [0.15, 0.2) is 28.7 Å². The predicted molar refractivity (Wildman–Crippen MR) is 102 cm³/mol. The SMILES string of the molecule is CC(=O)N1CCC(CC(=O)NC(c2oc3ccccc3c2C)C(C)C)C1. The molecule has 1 N–H and O–H groups in total. The van der Waals surface area contributed by atoms with Crippen LogP contribution >= 0.6 is 0 Å². The number of carbonyl (C=O) groups is 2. The topological polar surface area (TPSA) is 62.6 Å². The number of hydrogen-bond donors (Lipinski definition) is 1. The number of carbonyl (C=O) groups excluding carboxylic acids is 2. The monoisotopic (exact) mass is 356 g/mol. The van der Waals surface area contributed by atoms with Crippen molar-refractivity contribution in [3.8, 4) is 0 Å². The van der Waals surface area contributed by atoms with Gasteiger partial charge in [0, 0.05) is 37.4 Å². The first kappa shape index (κ1) is 18.5. The van der Waals surface area contributed by atoms with Gasteiger partial charge >= 0.3 is 0 Å². The highest BCUT2D eigenvalue weighted by Gasteiger charge is 2.29. The Morgan fingerprint density at radius 2 is 2.04 bits per heavy atom. The highest BCUT2D eigenvalue weighted by Crippen LogP contribution is 2.33. The van der Waals surface area contributed by atoms with Crippen molar-refractivity contribution < 1.29 is 14.0 Å². The number of para-hydroxylation sites is 1. The Kier molecular flexibility index (Phi) is 5.35. The summed E-state index contributed by atoms with van der Waals surface area (Å²) in [6, 6.07) is 7.81. The smallest absolute Gasteiger partial charge is 0.220 e. The first-order valence-corrected chi connectivity index (χ1v) is 9.39. The van der Waals surface area contributed by atoms with Gasteiger partial charge in [-0.25, -0.2) is 0 Å². The average Bonchev–Trinajstić information content (AvgIpc) is 3.18. The van der Waals surface area contributed by atoms with E-state index in [0.717, 1.165) is 35.3 Å². The van der Waals surface area contributed by atoms with Gasteiger partial charge < -0.3 is 14.6 Å². The minimum atomic E-state index is -0.153. The van der Waals surface area contributed by atoms with Gasteiger partial charge in [0.05, 0.1) is 6.04 Å². The highest BCUT2D eigenvalue weighted by atomic mass is 16.3. The second-order valence-electron chi connectivity index (χ2n) is 7.70. The van der Waals surface area contributed by atoms with Crippen LogP contribution in [-0.2, 0) is 9.59 Å². The molecule has 2 amide bonds. The first-order chi connectivity index (χ1) is 12.4. The van der Waals surface area contributed by atoms with E-state index in [-0.39, 0.29) is 29.7 Å². The Morgan fingerprint density at radius 3 is 2.65 bits per heavy atom. The molecule has 1 aromatic heterocycles. The summed E-state index contributed by atoms with van der Waals surface area (Å²) < 4.78 is 6.07. The van der Waals surface area contributed by atoms with E-state index < -0.39 is 0 Å². The van der Waals surface area contributed by atoms with Crippen LogP contribution < -0.4 is 5.32 Å². The number of furan rings is 1. The van der Waals surface area contributed by atoms with Crippen molar-refractivity contribution in [3.63, 3.8) is 0 Å². The van der Waals surface area contributed by atoms with Gasteiger partial charge in [0.25, 0.3) is 0 Å². The standard InChI is InChI=1S/C21H28N2O3/c1-13(2)20(21-14(3)17-7-5-6-8-18(17)26-21)22-19(25)11-16-9-10-23(12-16)15(4)24/h5-8,13,16,20H,9-12H2,1-4H3,(H,22,25). The van der Waals surface area contributed by atoms with Gasteiger partial charge in [0.1, 0.15) is 11.3 Å². The summed E-state index contributed by atoms with van der Waals surface area (Å²) in [7, 11) is 0. The summed E-state index contributed by atoms with van der Waals surface area (Å²) in [5.74, 6) is 1.41. The van der Waals surface area contributed by atoms with E-state index in [1.165, 1.54) is 0 Å². The quantitative estimate of drug-likeness (QED) is 0.886. The largest absolute Gasteiger partial charge is 0.459 e. The minimum Gasteiger partial charge on any atom is -0.459 e. The summed E-state index contributed by atoms with van der Waals surface area (Å²) in [6.45, 7) is 9.24. The molecule has 1 aromatic carbocycles. The zero-order chi connectivity index (χ0) is 18.8. The van der Waals surface area contributed by atoms with Crippen LogP contribution in [0.5, 0.6) is 0 Å². The molecule has 1 aliphatic rings. The maximum absolute atomic E-state index is 12.6. The number of likely N-dealkylation sites (tertiary alicyclic amines) is 1. The third kappa shape index (κ3) is 3.76. The number of rotatable bonds is 5. The molecule has 0 spiro atoms. The van der Waals surface area contributed by atoms with E-state index in [9.17, 15) is 9.59 Å². The second kappa shape index (κ2) is 7.52. The Balaban J connectivity index is 1.71. The molecule has 0 radical (unpaired) electrons. The Hall–Kier alpha value is -2.30. The molecule has 0 aliphatic carbocycles. The van der Waals surface area contributed by atoms with Crippen molar-refractivity contribution in [1.29, 1.82) is 0 Å². The molecule has 1 aliphatic heterocycles. The lowest BCUT2D eigenvalue weighted by atomic mass is 9.97. The lowest BCUT2D eigenvalue weighted by Gasteiger charge is -2.22. The lowest BCUT2D eigenvalue weighted by molar-refractivity contribution is -0.128. The van der Waals surface area contributed by atoms with Crippen molar-refractivity contribution in [2.45, 2.75) is 46.6 Å². The fourth-order valence-corrected chi connectivity index (χ4v) is 3.80. The van der Waals surface area contributed by atoms with Gasteiger partial charge in [-0.3, -0.25) is 9.59 Å². The predicted octanol–water partition coefficient (Wildman–Crippen LogP) is 3.81. The fourth-order valence-electron chi connectivity index (χ4n) is 3.80. The lowest BCUT2D eigenvalue weighted by Crippen LogP contribution is -2.33. The highest BCUT2D eigenvalue weighted by molar-refractivity contribution is 5.83. The number of aryl methyl sites for hydroxylation is 1. The zero-order valence-electron chi connectivity index (χ0n) is 16.0. The molecule has 0 saturated carbocycles. The molecule has 2 heterocycles. The molecule has 2 aromatic rings. The minimum absolute atomic E-state index is 0.0268. The molecule has 5 nitrogen and oxygen atoms in total. The molecule has 2 unspecified atom stereocenters. The molecular formula is C21H28N2O3. The molecule has 3 rings (SSSR count). The van der Waals surface area contributed by atoms with Gasteiger partial charge in [0.15, 0.2) is 0 Å². The molecule has 1 saturated heterocycles. The summed E-state index contributed by atoms with van der Waals surface area (Å²) in [5, 5.41) is 4.26. The van der Waals surface area contributed by atoms with Crippen LogP contribution in [-0.4, -0.2) is 29.8 Å². The van der Waals surface area contributed by atoms with Crippen LogP contribution in [0.25, 0.3) is 11.0 Å². The molecular weight excluding hydrogens is 328 g/mol. The Morgan fingerprint density at radius 1 is 1.31 bits per heavy atom. The van der Waals surface area contributed by atoms with E-state index >= 15 is 0 Å². The summed E-state index contributed by atoms with van der Waals surface area (Å²) in [4.78, 5) is 25.9. The van der Waals surface area contributed by atoms with Crippen LogP contribution in [0.3, 0.4) is 0 Å². The number of fused-ring (bicyclic) bond motifs is 1. The van der Waals surface area contributed by atoms with Gasteiger partial charge in [0.2, 0.25) is 11.8 Å². The van der Waals surface area contributed by atoms with Crippen LogP contribution in [0.4, 0.5) is 0 Å². The number of nitrogens with zero attached hydrogens (tertiary/aromatic N) is 1. The van der Waals surface area contributed by atoms with Crippen LogP contribution in [0.2, 0.25) is 0 Å². The second-order valence-corrected chi connectivity index (χ2v) is 7.70. The van der Waals surface area contributed by atoms with Crippen molar-refractivity contribution in [2.75, 3.05) is 13.1 Å². The Bertz CT molecular complexity index is 809. The van der Waals surface area contributed by atoms with Gasteiger partial charge in [-0.1, -0.05) is 32.0 Å². The summed E-state index contributed by atoms with van der Waals surface area (Å²) >= 11 is 0. The summed E-state index contributed by atoms with van der Waals surface area (Å²) in [6.07, 6.45) is 1.34. The molecule has 0 bridgehead atoms. The van der Waals surface area contributed by atoms with E-state index in [2.05, 4.69) is 19.2 Å². The summed E-state index contributed by atoms with van der Waals surface area (Å²) in [5.41, 5.74) is 1.94. The average molecular weight is 356 g/mol. The molecule has 2 atom stereocenters. The van der Waals surface area contributed by atoms with Crippen molar-refractivity contribution >= 4 is 22.8 Å². The van der Waals surface area contributed by atoms with Gasteiger partial charge in [-0.2, -0.15) is 0 Å². The van der Waals surface area contributed by atoms with Crippen LogP contribution in [0, 0.1) is 18.8 Å². The fraction of sp³-hybridized carbons (Fsp3) is 0.524. The third-order valence-electron chi connectivity index (χ3n) is 5.35. The Labute approximate surface area is 154 Å². The first-order valence-electron chi connectivity index (χ1n) is 9.39. The zero-order valence-corrected chi connectivity index (χ0v) is 16.0. The van der Waals surface area contributed by atoms with E-state index in [1.54, 1.807) is 6.92 Å². The number of amides is 2. The number of nitrogens with one attached hydrogen (secondary N) is 1. The van der Waals surface area contributed by atoms with Gasteiger partial charge in [-0.15, -0.1) is 0 Å². The van der Waals surface area contributed by atoms with E-state index in [1.807, 2.05) is 36.1 Å². The van der Waals surface area contributed by atoms with Crippen molar-refractivity contribution in [3.05, 3.63) is 35.6 Å². The van der Waals surface area contributed by atoms with E-state index in [0.29, 0.717) is 13.0 Å². The maximum atomic E-state index is 12.6. The van der Waals surface area contributed by atoms with E-state index in [4.69, 9.17) is 4.42 Å². The molecule has 140 valence electrons. The number of hydrogen-bond acceptors (Lipinski definition) is 3. The van der Waals surface area contributed by atoms with Gasteiger partial charge in [-0.05, 0) is 31.2 Å². The number of benzene rings is 1. The third-order valence-corrected chi connectivity index (χ3v) is 5.35. The van der Waals surface area contributed by atoms with Crippen molar-refractivity contribution in [2.24, 2.45) is 11.8 Å². The molecule has 1 fully saturated rings. The van der Waals surface area contributed by atoms with Crippen molar-refractivity contribution in [1.82, 2.24) is 10.2 Å². The molecule has 26 heavy (non-hydrogen) atoms. The molecule has 5 heteroatoms.